The molecule has 0 bridgehead atoms. The largest absolute Gasteiger partial charge is 0.357 e. The predicted octanol–water partition coefficient (Wildman–Crippen LogP) is 2.81. The van der Waals surface area contributed by atoms with Crippen LogP contribution in [0.1, 0.15) is 47.5 Å². The Morgan fingerprint density at radius 1 is 1.18 bits per heavy atom. The van der Waals surface area contributed by atoms with Crippen molar-refractivity contribution in [1.82, 2.24) is 15.1 Å². The van der Waals surface area contributed by atoms with Crippen molar-refractivity contribution in [2.45, 2.75) is 47.5 Å². The van der Waals surface area contributed by atoms with Crippen molar-refractivity contribution < 1.29 is 4.79 Å². The van der Waals surface area contributed by atoms with Gasteiger partial charge in [0.2, 0.25) is 5.91 Å². The van der Waals surface area contributed by atoms with Crippen LogP contribution in [0.15, 0.2) is 4.99 Å². The molecule has 0 spiro atoms. The third kappa shape index (κ3) is 10.2. The van der Waals surface area contributed by atoms with Crippen molar-refractivity contribution >= 4 is 35.8 Å². The van der Waals surface area contributed by atoms with Crippen molar-refractivity contribution in [2.24, 2.45) is 10.9 Å². The van der Waals surface area contributed by atoms with Crippen LogP contribution in [0.4, 0.5) is 0 Å². The van der Waals surface area contributed by atoms with Crippen LogP contribution in [-0.4, -0.2) is 61.4 Å². The molecule has 0 saturated carbocycles. The van der Waals surface area contributed by atoms with E-state index < -0.39 is 0 Å². The smallest absolute Gasteiger partial charge is 0.242 e. The molecule has 132 valence electrons. The van der Waals surface area contributed by atoms with E-state index in [-0.39, 0.29) is 29.9 Å². The van der Waals surface area contributed by atoms with Crippen molar-refractivity contribution in [3.8, 4) is 0 Å². The van der Waals surface area contributed by atoms with Crippen LogP contribution in [-0.2, 0) is 4.79 Å². The highest BCUT2D eigenvalue weighted by molar-refractivity contribution is 14.0. The Morgan fingerprint density at radius 3 is 2.23 bits per heavy atom. The standard InChI is InChI=1S/C16H34N4O.HI/c1-7-17-16(18-12-10-11-14(4)5)19(6)13-15(21)20(8-2)9-3;/h14H,7-13H2,1-6H3,(H,17,18);1H. The zero-order valence-corrected chi connectivity index (χ0v) is 17.5. The Hall–Kier alpha value is -0.530. The predicted molar refractivity (Wildman–Crippen MR) is 106 cm³/mol. The molecule has 6 heteroatoms. The fourth-order valence-corrected chi connectivity index (χ4v) is 2.11. The minimum absolute atomic E-state index is 0. The van der Waals surface area contributed by atoms with Gasteiger partial charge in [-0.05, 0) is 39.5 Å². The van der Waals surface area contributed by atoms with Gasteiger partial charge in [-0.1, -0.05) is 13.8 Å². The van der Waals surface area contributed by atoms with Crippen LogP contribution in [0, 0.1) is 5.92 Å². The Labute approximate surface area is 153 Å². The van der Waals surface area contributed by atoms with E-state index >= 15 is 0 Å². The minimum Gasteiger partial charge on any atom is -0.357 e. The second kappa shape index (κ2) is 14.1. The van der Waals surface area contributed by atoms with Crippen LogP contribution in [0.25, 0.3) is 0 Å². The molecule has 0 atom stereocenters. The summed E-state index contributed by atoms with van der Waals surface area (Å²) < 4.78 is 0. The average molecular weight is 426 g/mol. The molecular weight excluding hydrogens is 391 g/mol. The van der Waals surface area contributed by atoms with E-state index in [9.17, 15) is 4.79 Å². The number of likely N-dealkylation sites (N-methyl/N-ethyl adjacent to an activating group) is 2. The van der Waals surface area contributed by atoms with E-state index in [4.69, 9.17) is 0 Å². The zero-order valence-electron chi connectivity index (χ0n) is 15.2. The van der Waals surface area contributed by atoms with E-state index in [1.807, 2.05) is 37.6 Å². The van der Waals surface area contributed by atoms with Gasteiger partial charge >= 0.3 is 0 Å². The van der Waals surface area contributed by atoms with Crippen LogP contribution >= 0.6 is 24.0 Å². The van der Waals surface area contributed by atoms with E-state index in [2.05, 4.69) is 24.2 Å². The number of nitrogens with zero attached hydrogens (tertiary/aromatic N) is 3. The quantitative estimate of drug-likeness (QED) is 0.267. The molecular formula is C16H35IN4O. The van der Waals surface area contributed by atoms with Crippen molar-refractivity contribution in [1.29, 1.82) is 0 Å². The first kappa shape index (κ1) is 23.7. The molecule has 0 aliphatic heterocycles. The monoisotopic (exact) mass is 426 g/mol. The second-order valence-electron chi connectivity index (χ2n) is 5.69. The first-order valence-corrected chi connectivity index (χ1v) is 8.23. The van der Waals surface area contributed by atoms with Gasteiger partial charge in [0.1, 0.15) is 0 Å². The van der Waals surface area contributed by atoms with E-state index in [1.165, 1.54) is 6.42 Å². The number of amides is 1. The SMILES string of the molecule is CCNC(=NCCCC(C)C)N(C)CC(=O)N(CC)CC.I. The summed E-state index contributed by atoms with van der Waals surface area (Å²) in [5, 5.41) is 3.26. The number of halogens is 1. The molecule has 5 nitrogen and oxygen atoms in total. The summed E-state index contributed by atoms with van der Waals surface area (Å²) in [5.74, 6) is 1.68. The summed E-state index contributed by atoms with van der Waals surface area (Å²) in [7, 11) is 1.92. The maximum absolute atomic E-state index is 12.1. The second-order valence-corrected chi connectivity index (χ2v) is 5.69. The van der Waals surface area contributed by atoms with Gasteiger partial charge < -0.3 is 15.1 Å². The average Bonchev–Trinajstić information content (AvgIpc) is 2.43. The molecule has 0 unspecified atom stereocenters. The van der Waals surface area contributed by atoms with Gasteiger partial charge in [0, 0.05) is 33.2 Å². The minimum atomic E-state index is 0. The van der Waals surface area contributed by atoms with Gasteiger partial charge in [-0.2, -0.15) is 0 Å². The maximum Gasteiger partial charge on any atom is 0.242 e. The van der Waals surface area contributed by atoms with Crippen LogP contribution in [0.2, 0.25) is 0 Å². The highest BCUT2D eigenvalue weighted by Crippen LogP contribution is 2.03. The highest BCUT2D eigenvalue weighted by Gasteiger charge is 2.14. The zero-order chi connectivity index (χ0) is 16.3. The van der Waals surface area contributed by atoms with Gasteiger partial charge in [0.05, 0.1) is 6.54 Å². The lowest BCUT2D eigenvalue weighted by Crippen LogP contribution is -2.45. The molecule has 0 aliphatic rings. The summed E-state index contributed by atoms with van der Waals surface area (Å²) >= 11 is 0. The molecule has 0 aromatic carbocycles. The summed E-state index contributed by atoms with van der Waals surface area (Å²) in [6.07, 6.45) is 2.27. The molecule has 1 amide bonds. The third-order valence-electron chi connectivity index (χ3n) is 3.39. The van der Waals surface area contributed by atoms with Gasteiger partial charge in [0.15, 0.2) is 5.96 Å². The van der Waals surface area contributed by atoms with E-state index in [0.717, 1.165) is 38.6 Å². The number of carbonyl (C=O) groups is 1. The number of hydrogen-bond acceptors (Lipinski definition) is 2. The molecule has 22 heavy (non-hydrogen) atoms. The molecule has 0 fully saturated rings. The molecule has 0 aromatic heterocycles. The lowest BCUT2D eigenvalue weighted by molar-refractivity contribution is -0.131. The van der Waals surface area contributed by atoms with Crippen molar-refractivity contribution in [2.75, 3.05) is 39.8 Å². The first-order valence-electron chi connectivity index (χ1n) is 8.23. The molecule has 0 rings (SSSR count). The van der Waals surface area contributed by atoms with Gasteiger partial charge in [-0.15, -0.1) is 24.0 Å². The number of nitrogens with one attached hydrogen (secondary N) is 1. The number of hydrogen-bond donors (Lipinski definition) is 1. The summed E-state index contributed by atoms with van der Waals surface area (Å²) in [6.45, 7) is 14.0. The van der Waals surface area contributed by atoms with Gasteiger partial charge in [-0.3, -0.25) is 9.79 Å². The molecule has 0 radical (unpaired) electrons. The summed E-state index contributed by atoms with van der Waals surface area (Å²) in [6, 6.07) is 0. The van der Waals surface area contributed by atoms with Crippen molar-refractivity contribution in [3.05, 3.63) is 0 Å². The molecule has 0 heterocycles. The first-order chi connectivity index (χ1) is 9.96. The third-order valence-corrected chi connectivity index (χ3v) is 3.39. The Kier molecular flexibility index (Phi) is 15.2. The topological polar surface area (TPSA) is 47.9 Å². The van der Waals surface area contributed by atoms with E-state index in [0.29, 0.717) is 12.5 Å². The molecule has 0 aliphatic carbocycles. The van der Waals surface area contributed by atoms with Crippen LogP contribution in [0.3, 0.4) is 0 Å². The Bertz CT molecular complexity index is 317. The Balaban J connectivity index is 0. The lowest BCUT2D eigenvalue weighted by atomic mass is 10.1. The number of guanidine groups is 1. The molecule has 0 aromatic rings. The Morgan fingerprint density at radius 2 is 1.77 bits per heavy atom. The van der Waals surface area contributed by atoms with Crippen LogP contribution in [0.5, 0.6) is 0 Å². The fraction of sp³-hybridized carbons (Fsp3) is 0.875. The lowest BCUT2D eigenvalue weighted by Gasteiger charge is -2.25. The number of aliphatic imine (C=N–C) groups is 1. The summed E-state index contributed by atoms with van der Waals surface area (Å²) in [5.41, 5.74) is 0. The van der Waals surface area contributed by atoms with E-state index in [1.54, 1.807) is 0 Å². The van der Waals surface area contributed by atoms with Crippen LogP contribution < -0.4 is 5.32 Å². The normalized spacial score (nSPS) is 11.1. The maximum atomic E-state index is 12.1. The highest BCUT2D eigenvalue weighted by atomic mass is 127. The fourth-order valence-electron chi connectivity index (χ4n) is 2.11. The van der Waals surface area contributed by atoms with Crippen molar-refractivity contribution in [3.63, 3.8) is 0 Å². The summed E-state index contributed by atoms with van der Waals surface area (Å²) in [4.78, 5) is 20.5. The van der Waals surface area contributed by atoms with Gasteiger partial charge in [0.25, 0.3) is 0 Å². The van der Waals surface area contributed by atoms with Gasteiger partial charge in [-0.25, -0.2) is 0 Å². The number of rotatable bonds is 9. The molecule has 0 saturated heterocycles. The number of carbonyl (C=O) groups excluding carboxylic acids is 1. The molecule has 1 N–H and O–H groups in total.